The van der Waals surface area contributed by atoms with E-state index in [-0.39, 0.29) is 16.7 Å². The average molecular weight is 549 g/mol. The Labute approximate surface area is 225 Å². The zero-order valence-electron chi connectivity index (χ0n) is 22.6. The number of fused-ring (bicyclic) bond motifs is 1. The molecule has 1 aromatic heterocycles. The Hall–Kier alpha value is -2.27. The molecule has 37 heavy (non-hydrogen) atoms. The Balaban J connectivity index is 1.82. The molecule has 0 bridgehead atoms. The Kier molecular flexibility index (Phi) is 10.3. The van der Waals surface area contributed by atoms with Gasteiger partial charge < -0.3 is 10.6 Å². The van der Waals surface area contributed by atoms with Crippen LogP contribution in [0.15, 0.2) is 29.2 Å². The second-order valence-corrected chi connectivity index (χ2v) is 12.7. The van der Waals surface area contributed by atoms with Crippen molar-refractivity contribution in [2.75, 3.05) is 32.0 Å². The van der Waals surface area contributed by atoms with Gasteiger partial charge in [-0.2, -0.15) is 4.31 Å². The molecule has 3 rings (SSSR count). The van der Waals surface area contributed by atoms with Gasteiger partial charge in [0.25, 0.3) is 11.8 Å². The molecular weight excluding hydrogens is 508 g/mol. The van der Waals surface area contributed by atoms with Gasteiger partial charge in [-0.25, -0.2) is 8.42 Å². The quantitative estimate of drug-likeness (QED) is 0.400. The fraction of sp³-hybridized carbons (Fsp3) is 0.556. The van der Waals surface area contributed by atoms with E-state index in [9.17, 15) is 18.0 Å². The summed E-state index contributed by atoms with van der Waals surface area (Å²) >= 11 is 1.44. The minimum Gasteiger partial charge on any atom is -0.355 e. The number of carbonyl (C=O) groups excluding carboxylic acids is 2. The molecule has 204 valence electrons. The molecule has 2 aromatic rings. The molecule has 2 heterocycles. The molecule has 10 heteroatoms. The van der Waals surface area contributed by atoms with Crippen LogP contribution in [0.2, 0.25) is 0 Å². The number of carbonyl (C=O) groups is 2. The van der Waals surface area contributed by atoms with E-state index in [4.69, 9.17) is 0 Å². The lowest BCUT2D eigenvalue weighted by atomic mass is 10.0. The van der Waals surface area contributed by atoms with Gasteiger partial charge in [0.2, 0.25) is 10.0 Å². The summed E-state index contributed by atoms with van der Waals surface area (Å²) in [5.74, 6) is -0.589. The standard InChI is InChI=1S/C27H40N4O4S2/c1-6-8-15-31(16-9-7-2)37(34,35)21-12-10-20(11-13-21)25(32)29-27-24(26(33)28-5)22-14-17-30(19(3)4)18-23(22)36-27/h10-13,19H,6-9,14-18H2,1-5H3,(H,28,33)(H,29,32). The smallest absolute Gasteiger partial charge is 0.256 e. The lowest BCUT2D eigenvalue weighted by Gasteiger charge is -2.30. The molecule has 1 aromatic carbocycles. The number of nitrogens with zero attached hydrogens (tertiary/aromatic N) is 2. The summed E-state index contributed by atoms with van der Waals surface area (Å²) in [5.41, 5.74) is 1.86. The van der Waals surface area contributed by atoms with E-state index in [2.05, 4.69) is 29.4 Å². The van der Waals surface area contributed by atoms with E-state index in [0.29, 0.717) is 35.3 Å². The molecule has 0 spiro atoms. The van der Waals surface area contributed by atoms with Crippen LogP contribution in [-0.4, -0.2) is 62.2 Å². The van der Waals surface area contributed by atoms with Gasteiger partial charge in [-0.1, -0.05) is 26.7 Å². The topological polar surface area (TPSA) is 98.8 Å². The first-order chi connectivity index (χ1) is 17.6. The van der Waals surface area contributed by atoms with Crippen LogP contribution in [0.3, 0.4) is 0 Å². The fourth-order valence-electron chi connectivity index (χ4n) is 4.44. The molecule has 0 saturated carbocycles. The van der Waals surface area contributed by atoms with Gasteiger partial charge in [0, 0.05) is 49.7 Å². The third kappa shape index (κ3) is 6.79. The number of hydrogen-bond acceptors (Lipinski definition) is 6. The maximum Gasteiger partial charge on any atom is 0.256 e. The second-order valence-electron chi connectivity index (χ2n) is 9.69. The van der Waals surface area contributed by atoms with Crippen molar-refractivity contribution in [3.05, 3.63) is 45.8 Å². The van der Waals surface area contributed by atoms with Crippen molar-refractivity contribution in [2.45, 2.75) is 77.3 Å². The van der Waals surface area contributed by atoms with Crippen molar-refractivity contribution in [3.63, 3.8) is 0 Å². The van der Waals surface area contributed by atoms with Crippen LogP contribution in [0.4, 0.5) is 5.00 Å². The van der Waals surface area contributed by atoms with E-state index >= 15 is 0 Å². The fourth-order valence-corrected chi connectivity index (χ4v) is 7.22. The van der Waals surface area contributed by atoms with Crippen molar-refractivity contribution in [1.82, 2.24) is 14.5 Å². The molecule has 1 aliphatic heterocycles. The first kappa shape index (κ1) is 29.3. The van der Waals surface area contributed by atoms with Crippen molar-refractivity contribution in [3.8, 4) is 0 Å². The largest absolute Gasteiger partial charge is 0.355 e. The highest BCUT2D eigenvalue weighted by atomic mass is 32.2. The number of nitrogens with one attached hydrogen (secondary N) is 2. The molecule has 0 aliphatic carbocycles. The van der Waals surface area contributed by atoms with Crippen LogP contribution < -0.4 is 10.6 Å². The van der Waals surface area contributed by atoms with Crippen LogP contribution in [0.25, 0.3) is 0 Å². The number of anilines is 1. The van der Waals surface area contributed by atoms with Crippen LogP contribution in [0.1, 0.15) is 84.5 Å². The number of unbranched alkanes of at least 4 members (excludes halogenated alkanes) is 2. The minimum absolute atomic E-state index is 0.183. The highest BCUT2D eigenvalue weighted by Crippen LogP contribution is 2.38. The Morgan fingerprint density at radius 1 is 1.05 bits per heavy atom. The van der Waals surface area contributed by atoms with E-state index in [1.807, 2.05) is 13.8 Å². The number of hydrogen-bond donors (Lipinski definition) is 2. The Morgan fingerprint density at radius 3 is 2.22 bits per heavy atom. The normalized spacial score (nSPS) is 14.1. The number of benzene rings is 1. The van der Waals surface area contributed by atoms with Crippen molar-refractivity contribution < 1.29 is 18.0 Å². The molecule has 1 aliphatic rings. The molecule has 0 fully saturated rings. The number of thiophene rings is 1. The van der Waals surface area contributed by atoms with Crippen LogP contribution in [-0.2, 0) is 23.0 Å². The molecule has 8 nitrogen and oxygen atoms in total. The predicted molar refractivity (Wildman–Crippen MR) is 150 cm³/mol. The lowest BCUT2D eigenvalue weighted by molar-refractivity contribution is 0.0962. The summed E-state index contributed by atoms with van der Waals surface area (Å²) in [6.07, 6.45) is 4.18. The molecule has 0 radical (unpaired) electrons. The highest BCUT2D eigenvalue weighted by molar-refractivity contribution is 7.89. The molecule has 0 unspecified atom stereocenters. The van der Waals surface area contributed by atoms with Gasteiger partial charge in [-0.05, 0) is 62.9 Å². The monoisotopic (exact) mass is 548 g/mol. The maximum atomic E-state index is 13.2. The summed E-state index contributed by atoms with van der Waals surface area (Å²) < 4.78 is 28.0. The maximum absolute atomic E-state index is 13.2. The third-order valence-corrected chi connectivity index (χ3v) is 9.82. The minimum atomic E-state index is -3.64. The number of amides is 2. The van der Waals surface area contributed by atoms with Crippen molar-refractivity contribution in [2.24, 2.45) is 0 Å². The first-order valence-electron chi connectivity index (χ1n) is 13.2. The number of sulfonamides is 1. The zero-order valence-corrected chi connectivity index (χ0v) is 24.2. The molecular formula is C27H40N4O4S2. The Morgan fingerprint density at radius 2 is 1.68 bits per heavy atom. The molecule has 2 N–H and O–H groups in total. The van der Waals surface area contributed by atoms with E-state index in [0.717, 1.165) is 55.6 Å². The van der Waals surface area contributed by atoms with E-state index in [1.54, 1.807) is 11.4 Å². The zero-order chi connectivity index (χ0) is 27.2. The van der Waals surface area contributed by atoms with Gasteiger partial charge in [-0.3, -0.25) is 14.5 Å². The van der Waals surface area contributed by atoms with Gasteiger partial charge in [0.05, 0.1) is 10.5 Å². The SMILES string of the molecule is CCCCN(CCCC)S(=O)(=O)c1ccc(C(=O)Nc2sc3c(c2C(=O)NC)CCN(C(C)C)C3)cc1. The summed E-state index contributed by atoms with van der Waals surface area (Å²) in [6.45, 7) is 11.0. The summed E-state index contributed by atoms with van der Waals surface area (Å²) in [6, 6.07) is 6.46. The van der Waals surface area contributed by atoms with Crippen LogP contribution in [0, 0.1) is 0 Å². The summed E-state index contributed by atoms with van der Waals surface area (Å²) in [5, 5.41) is 6.15. The molecule has 0 saturated heterocycles. The van der Waals surface area contributed by atoms with Gasteiger partial charge in [0.1, 0.15) is 5.00 Å². The second kappa shape index (κ2) is 13.0. The molecule has 2 amide bonds. The van der Waals surface area contributed by atoms with Crippen LogP contribution in [0.5, 0.6) is 0 Å². The van der Waals surface area contributed by atoms with Gasteiger partial charge in [0.15, 0.2) is 0 Å². The predicted octanol–water partition coefficient (Wildman–Crippen LogP) is 4.72. The van der Waals surface area contributed by atoms with Crippen molar-refractivity contribution >= 4 is 38.2 Å². The first-order valence-corrected chi connectivity index (χ1v) is 15.4. The molecule has 0 atom stereocenters. The summed E-state index contributed by atoms with van der Waals surface area (Å²) in [4.78, 5) is 29.5. The number of rotatable bonds is 12. The van der Waals surface area contributed by atoms with Gasteiger partial charge in [-0.15, -0.1) is 11.3 Å². The van der Waals surface area contributed by atoms with E-state index in [1.165, 1.54) is 35.6 Å². The van der Waals surface area contributed by atoms with E-state index < -0.39 is 10.0 Å². The van der Waals surface area contributed by atoms with Crippen molar-refractivity contribution in [1.29, 1.82) is 0 Å². The van der Waals surface area contributed by atoms with Crippen LogP contribution >= 0.6 is 11.3 Å². The lowest BCUT2D eigenvalue weighted by Crippen LogP contribution is -2.35. The Bertz CT molecular complexity index is 1180. The average Bonchev–Trinajstić information content (AvgIpc) is 3.25. The third-order valence-electron chi connectivity index (χ3n) is 6.77. The van der Waals surface area contributed by atoms with Gasteiger partial charge >= 0.3 is 0 Å². The summed E-state index contributed by atoms with van der Waals surface area (Å²) in [7, 11) is -2.05. The highest BCUT2D eigenvalue weighted by Gasteiger charge is 2.29.